The van der Waals surface area contributed by atoms with Crippen LogP contribution in [-0.4, -0.2) is 42.0 Å². The molecular weight excluding hydrogens is 296 g/mol. The van der Waals surface area contributed by atoms with E-state index in [9.17, 15) is 18.5 Å². The second kappa shape index (κ2) is 5.38. The van der Waals surface area contributed by atoms with Gasteiger partial charge < -0.3 is 15.3 Å². The summed E-state index contributed by atoms with van der Waals surface area (Å²) in [5.41, 5.74) is -1.84. The van der Waals surface area contributed by atoms with E-state index < -0.39 is 22.9 Å². The number of carboxylic acids is 1. The highest BCUT2D eigenvalue weighted by Gasteiger charge is 2.23. The Kier molecular flexibility index (Phi) is 3.53. The predicted octanol–water partition coefficient (Wildman–Crippen LogP) is 0.981. The molecule has 1 fully saturated rings. The van der Waals surface area contributed by atoms with Gasteiger partial charge in [0.05, 0.1) is 5.52 Å². The van der Waals surface area contributed by atoms with Crippen LogP contribution in [0, 0.1) is 5.95 Å². The highest BCUT2D eigenvalue weighted by Crippen LogP contribution is 2.23. The number of rotatable bonds is 2. The Bertz CT molecular complexity index is 813. The monoisotopic (exact) mass is 309 g/mol. The fourth-order valence-corrected chi connectivity index (χ4v) is 2.61. The molecule has 8 heteroatoms. The summed E-state index contributed by atoms with van der Waals surface area (Å²) in [6.07, 6.45) is 0. The fraction of sp³-hybridized carbons (Fsp3) is 0.286. The molecule has 0 saturated carbocycles. The van der Waals surface area contributed by atoms with Crippen molar-refractivity contribution in [3.8, 4) is 0 Å². The van der Waals surface area contributed by atoms with Gasteiger partial charge in [0.2, 0.25) is 11.4 Å². The molecule has 0 spiro atoms. The molecule has 6 nitrogen and oxygen atoms in total. The first kappa shape index (κ1) is 14.5. The smallest absolute Gasteiger partial charge is 0.344 e. The predicted molar refractivity (Wildman–Crippen MR) is 76.7 cm³/mol. The molecule has 2 N–H and O–H groups in total. The van der Waals surface area contributed by atoms with Crippen molar-refractivity contribution in [2.24, 2.45) is 0 Å². The first-order valence-electron chi connectivity index (χ1n) is 6.74. The van der Waals surface area contributed by atoms with E-state index in [0.717, 1.165) is 13.1 Å². The number of aromatic nitrogens is 1. The van der Waals surface area contributed by atoms with Crippen molar-refractivity contribution in [2.75, 3.05) is 31.1 Å². The first-order chi connectivity index (χ1) is 10.5. The average Bonchev–Trinajstić information content (AvgIpc) is 2.53. The summed E-state index contributed by atoms with van der Waals surface area (Å²) in [5.74, 6) is -3.48. The normalized spacial score (nSPS) is 15.3. The minimum Gasteiger partial charge on any atom is -0.477 e. The number of fused-ring (bicyclic) bond motifs is 1. The molecule has 116 valence electrons. The van der Waals surface area contributed by atoms with E-state index in [0.29, 0.717) is 18.8 Å². The Morgan fingerprint density at radius 3 is 2.59 bits per heavy atom. The number of carboxylic acid groups (broad SMARTS) is 1. The van der Waals surface area contributed by atoms with Crippen molar-refractivity contribution in [1.29, 1.82) is 0 Å². The number of benzene rings is 1. The van der Waals surface area contributed by atoms with Crippen LogP contribution in [0.4, 0.5) is 14.6 Å². The zero-order chi connectivity index (χ0) is 15.9. The number of halogens is 2. The van der Waals surface area contributed by atoms with Crippen LogP contribution in [0.1, 0.15) is 10.4 Å². The Labute approximate surface area is 123 Å². The van der Waals surface area contributed by atoms with Crippen LogP contribution in [0.2, 0.25) is 0 Å². The third-order valence-corrected chi connectivity index (χ3v) is 3.74. The van der Waals surface area contributed by atoms with Gasteiger partial charge >= 0.3 is 5.97 Å². The number of hydrogen-bond donors (Lipinski definition) is 2. The minimum absolute atomic E-state index is 0.166. The Morgan fingerprint density at radius 1 is 1.27 bits per heavy atom. The quantitative estimate of drug-likeness (QED) is 0.809. The number of nitrogens with zero attached hydrogens (tertiary/aromatic N) is 2. The molecule has 2 heterocycles. The molecule has 1 aromatic heterocycles. The van der Waals surface area contributed by atoms with E-state index in [1.807, 2.05) is 4.90 Å². The molecule has 0 aliphatic carbocycles. The summed E-state index contributed by atoms with van der Waals surface area (Å²) < 4.78 is 27.9. The molecule has 0 amide bonds. The van der Waals surface area contributed by atoms with Crippen molar-refractivity contribution in [3.05, 3.63) is 39.9 Å². The molecule has 0 radical (unpaired) electrons. The van der Waals surface area contributed by atoms with Gasteiger partial charge in [-0.3, -0.25) is 4.79 Å². The van der Waals surface area contributed by atoms with E-state index in [1.165, 1.54) is 12.1 Å². The summed E-state index contributed by atoms with van der Waals surface area (Å²) in [7, 11) is 0. The first-order valence-corrected chi connectivity index (χ1v) is 6.74. The summed E-state index contributed by atoms with van der Waals surface area (Å²) in [5, 5.41) is 11.9. The lowest BCUT2D eigenvalue weighted by Gasteiger charge is -2.29. The van der Waals surface area contributed by atoms with Crippen LogP contribution in [0.25, 0.3) is 10.9 Å². The lowest BCUT2D eigenvalue weighted by atomic mass is 10.1. The van der Waals surface area contributed by atoms with Crippen LogP contribution in [0.5, 0.6) is 0 Å². The summed E-state index contributed by atoms with van der Waals surface area (Å²) in [4.78, 5) is 24.5. The SMILES string of the molecule is O=C(O)c1c(F)n(F)c2cc(N3CCNCC3)ccc2c1=O. The summed E-state index contributed by atoms with van der Waals surface area (Å²) >= 11 is 0. The average molecular weight is 309 g/mol. The summed E-state index contributed by atoms with van der Waals surface area (Å²) in [6.45, 7) is 2.95. The summed E-state index contributed by atoms with van der Waals surface area (Å²) in [6, 6.07) is 4.30. The zero-order valence-electron chi connectivity index (χ0n) is 11.5. The number of pyridine rings is 1. The molecule has 1 aromatic carbocycles. The van der Waals surface area contributed by atoms with Gasteiger partial charge in [0.1, 0.15) is 0 Å². The van der Waals surface area contributed by atoms with Crippen LogP contribution >= 0.6 is 0 Å². The largest absolute Gasteiger partial charge is 0.477 e. The van der Waals surface area contributed by atoms with Gasteiger partial charge in [0.25, 0.3) is 0 Å². The van der Waals surface area contributed by atoms with Crippen LogP contribution < -0.4 is 15.6 Å². The van der Waals surface area contributed by atoms with Gasteiger partial charge in [0.15, 0.2) is 5.56 Å². The maximum atomic E-state index is 14.1. The molecule has 1 aliphatic rings. The third kappa shape index (κ3) is 2.21. The number of carbonyl (C=O) groups is 1. The maximum Gasteiger partial charge on any atom is 0.344 e. The second-order valence-electron chi connectivity index (χ2n) is 5.02. The van der Waals surface area contributed by atoms with Crippen molar-refractivity contribution in [1.82, 2.24) is 10.1 Å². The molecule has 0 bridgehead atoms. The molecule has 0 unspecified atom stereocenters. The highest BCUT2D eigenvalue weighted by molar-refractivity contribution is 5.93. The van der Waals surface area contributed by atoms with E-state index in [-0.39, 0.29) is 15.7 Å². The van der Waals surface area contributed by atoms with Crippen LogP contribution in [-0.2, 0) is 0 Å². The number of aromatic carboxylic acids is 1. The number of anilines is 1. The van der Waals surface area contributed by atoms with Crippen LogP contribution in [0.3, 0.4) is 0 Å². The second-order valence-corrected chi connectivity index (χ2v) is 5.02. The van der Waals surface area contributed by atoms with Crippen molar-refractivity contribution in [2.45, 2.75) is 0 Å². The van der Waals surface area contributed by atoms with Crippen molar-refractivity contribution < 1.29 is 18.8 Å². The zero-order valence-corrected chi connectivity index (χ0v) is 11.5. The Hall–Kier alpha value is -2.48. The molecule has 22 heavy (non-hydrogen) atoms. The number of nitrogens with one attached hydrogen (secondary N) is 1. The molecule has 2 aromatic rings. The number of piperazine rings is 1. The lowest BCUT2D eigenvalue weighted by molar-refractivity contribution is 0.0685. The lowest BCUT2D eigenvalue weighted by Crippen LogP contribution is -2.43. The van der Waals surface area contributed by atoms with Gasteiger partial charge in [-0.1, -0.05) is 4.48 Å². The van der Waals surface area contributed by atoms with Crippen molar-refractivity contribution in [3.63, 3.8) is 0 Å². The third-order valence-electron chi connectivity index (χ3n) is 3.74. The van der Waals surface area contributed by atoms with Gasteiger partial charge in [-0.15, -0.1) is 4.79 Å². The van der Waals surface area contributed by atoms with Gasteiger partial charge in [-0.2, -0.15) is 4.39 Å². The van der Waals surface area contributed by atoms with Crippen molar-refractivity contribution >= 4 is 22.6 Å². The molecule has 1 saturated heterocycles. The van der Waals surface area contributed by atoms with Crippen LogP contribution in [0.15, 0.2) is 23.0 Å². The molecule has 0 atom stereocenters. The molecule has 3 rings (SSSR count). The van der Waals surface area contributed by atoms with Gasteiger partial charge in [-0.05, 0) is 18.2 Å². The standard InChI is InChI=1S/C14H13F2N3O3/c15-13-11(14(21)22)12(20)9-2-1-8(7-10(9)19(13)16)18-5-3-17-4-6-18/h1-2,7,17H,3-6H2,(H,21,22). The highest BCUT2D eigenvalue weighted by atomic mass is 19.2. The molecular formula is C14H13F2N3O3. The van der Waals surface area contributed by atoms with Gasteiger partial charge in [0, 0.05) is 37.3 Å². The van der Waals surface area contributed by atoms with E-state index >= 15 is 0 Å². The topological polar surface area (TPSA) is 74.6 Å². The Balaban J connectivity index is 2.21. The van der Waals surface area contributed by atoms with E-state index in [2.05, 4.69) is 5.32 Å². The Morgan fingerprint density at radius 2 is 1.95 bits per heavy atom. The van der Waals surface area contributed by atoms with E-state index in [1.54, 1.807) is 6.07 Å². The minimum atomic E-state index is -1.79. The fourth-order valence-electron chi connectivity index (χ4n) is 2.61. The van der Waals surface area contributed by atoms with E-state index in [4.69, 9.17) is 5.11 Å². The maximum absolute atomic E-state index is 14.1. The number of hydrogen-bond acceptors (Lipinski definition) is 4. The molecule has 1 aliphatic heterocycles. The van der Waals surface area contributed by atoms with Gasteiger partial charge in [-0.25, -0.2) is 4.79 Å².